The Morgan fingerprint density at radius 2 is 0.500 bits per heavy atom. The zero-order valence-electron chi connectivity index (χ0n) is 7.45. The molecule has 0 saturated heterocycles. The predicted molar refractivity (Wildman–Crippen MR) is 55.0 cm³/mol. The molecule has 0 amide bonds. The van der Waals surface area contributed by atoms with Gasteiger partial charge in [-0.05, 0) is 25.7 Å². The average molecular weight is 160 g/mol. The van der Waals surface area contributed by atoms with Crippen LogP contribution in [0.2, 0.25) is 0 Å². The summed E-state index contributed by atoms with van der Waals surface area (Å²) in [4.78, 5) is 0. The fraction of sp³-hybridized carbons (Fsp3) is 0.333. The first kappa shape index (κ1) is 9.05. The number of hydrogen-bond acceptors (Lipinski definition) is 0. The van der Waals surface area contributed by atoms with Gasteiger partial charge in [0.15, 0.2) is 0 Å². The Balaban J connectivity index is 2.40. The van der Waals surface area contributed by atoms with Crippen molar-refractivity contribution in [2.45, 2.75) is 25.7 Å². The second kappa shape index (κ2) is 6.66. The van der Waals surface area contributed by atoms with Crippen molar-refractivity contribution in [1.82, 2.24) is 0 Å². The maximum Gasteiger partial charge on any atom is -0.0169 e. The molecule has 0 atom stereocenters. The van der Waals surface area contributed by atoms with Crippen LogP contribution in [-0.4, -0.2) is 0 Å². The summed E-state index contributed by atoms with van der Waals surface area (Å²) in [6, 6.07) is 0. The van der Waals surface area contributed by atoms with E-state index >= 15 is 0 Å². The van der Waals surface area contributed by atoms with Crippen LogP contribution in [0, 0.1) is 0 Å². The fourth-order valence-electron chi connectivity index (χ4n) is 1.08. The molecule has 0 unspecified atom stereocenters. The normalized spacial score (nSPS) is 26.7. The SMILES string of the molecule is C1=CC/C=C/C/C=C/C/C=C\C1. The lowest BCUT2D eigenvalue weighted by Crippen LogP contribution is -1.66. The molecular weight excluding hydrogens is 144 g/mol. The number of allylic oxidation sites excluding steroid dienone is 8. The standard InChI is InChI=1S/C12H16/c1-2-4-6-8-10-12-11-9-7-5-3-1/h1-2,5-8,11-12H,3-4,9-10H2/b2-1-,7-5+,8-6?,12-11+. The van der Waals surface area contributed by atoms with Crippen molar-refractivity contribution in [3.8, 4) is 0 Å². The molecule has 0 heterocycles. The average Bonchev–Trinajstić information content (AvgIpc) is 2.05. The van der Waals surface area contributed by atoms with Crippen molar-refractivity contribution in [2.75, 3.05) is 0 Å². The van der Waals surface area contributed by atoms with E-state index in [9.17, 15) is 0 Å². The molecule has 0 radical (unpaired) electrons. The molecule has 0 aliphatic heterocycles. The summed E-state index contributed by atoms with van der Waals surface area (Å²) >= 11 is 0. The molecule has 0 spiro atoms. The molecular formula is C12H16. The van der Waals surface area contributed by atoms with E-state index in [0.717, 1.165) is 25.7 Å². The molecule has 0 nitrogen and oxygen atoms in total. The van der Waals surface area contributed by atoms with Crippen LogP contribution < -0.4 is 0 Å². The minimum Gasteiger partial charge on any atom is -0.0844 e. The van der Waals surface area contributed by atoms with E-state index < -0.39 is 0 Å². The van der Waals surface area contributed by atoms with Gasteiger partial charge in [-0.15, -0.1) is 0 Å². The summed E-state index contributed by atoms with van der Waals surface area (Å²) < 4.78 is 0. The van der Waals surface area contributed by atoms with Gasteiger partial charge < -0.3 is 0 Å². The highest BCUT2D eigenvalue weighted by atomic mass is 13.8. The highest BCUT2D eigenvalue weighted by Gasteiger charge is 1.76. The van der Waals surface area contributed by atoms with Crippen molar-refractivity contribution < 1.29 is 0 Å². The molecule has 1 aliphatic rings. The third-order valence-corrected chi connectivity index (χ3v) is 1.76. The smallest absolute Gasteiger partial charge is 0.0169 e. The molecule has 1 aliphatic carbocycles. The minimum absolute atomic E-state index is 1.07. The molecule has 0 aromatic rings. The van der Waals surface area contributed by atoms with E-state index in [2.05, 4.69) is 48.6 Å². The first-order valence-corrected chi connectivity index (χ1v) is 4.60. The summed E-state index contributed by atoms with van der Waals surface area (Å²) in [5.74, 6) is 0. The Morgan fingerprint density at radius 3 is 0.667 bits per heavy atom. The van der Waals surface area contributed by atoms with E-state index in [1.54, 1.807) is 0 Å². The molecule has 0 bridgehead atoms. The van der Waals surface area contributed by atoms with Crippen LogP contribution in [0.5, 0.6) is 0 Å². The van der Waals surface area contributed by atoms with E-state index in [1.165, 1.54) is 0 Å². The van der Waals surface area contributed by atoms with Gasteiger partial charge in [0.2, 0.25) is 0 Å². The second-order valence-electron chi connectivity index (χ2n) is 2.83. The van der Waals surface area contributed by atoms with Gasteiger partial charge in [-0.1, -0.05) is 48.6 Å². The van der Waals surface area contributed by atoms with Gasteiger partial charge in [-0.25, -0.2) is 0 Å². The van der Waals surface area contributed by atoms with Crippen molar-refractivity contribution >= 4 is 0 Å². The topological polar surface area (TPSA) is 0 Å². The highest BCUT2D eigenvalue weighted by Crippen LogP contribution is 1.97. The summed E-state index contributed by atoms with van der Waals surface area (Å²) in [5.41, 5.74) is 0. The van der Waals surface area contributed by atoms with Crippen LogP contribution in [0.3, 0.4) is 0 Å². The van der Waals surface area contributed by atoms with Crippen LogP contribution in [0.15, 0.2) is 48.6 Å². The highest BCUT2D eigenvalue weighted by molar-refractivity contribution is 5.02. The van der Waals surface area contributed by atoms with Gasteiger partial charge in [0, 0.05) is 0 Å². The lowest BCUT2D eigenvalue weighted by atomic mass is 10.2. The zero-order valence-corrected chi connectivity index (χ0v) is 7.45. The van der Waals surface area contributed by atoms with Gasteiger partial charge in [0.1, 0.15) is 0 Å². The van der Waals surface area contributed by atoms with Crippen molar-refractivity contribution in [3.63, 3.8) is 0 Å². The maximum atomic E-state index is 2.21. The van der Waals surface area contributed by atoms with Crippen LogP contribution in [0.25, 0.3) is 0 Å². The van der Waals surface area contributed by atoms with E-state index in [-0.39, 0.29) is 0 Å². The van der Waals surface area contributed by atoms with Gasteiger partial charge in [-0.3, -0.25) is 0 Å². The summed E-state index contributed by atoms with van der Waals surface area (Å²) in [6.07, 6.45) is 22.0. The minimum atomic E-state index is 1.07. The van der Waals surface area contributed by atoms with Crippen LogP contribution in [-0.2, 0) is 0 Å². The third-order valence-electron chi connectivity index (χ3n) is 1.76. The molecule has 0 aromatic carbocycles. The summed E-state index contributed by atoms with van der Waals surface area (Å²) in [6.45, 7) is 0. The van der Waals surface area contributed by atoms with Gasteiger partial charge >= 0.3 is 0 Å². The molecule has 0 fully saturated rings. The monoisotopic (exact) mass is 160 g/mol. The van der Waals surface area contributed by atoms with Crippen LogP contribution >= 0.6 is 0 Å². The largest absolute Gasteiger partial charge is 0.0844 e. The molecule has 64 valence electrons. The quantitative estimate of drug-likeness (QED) is 0.473. The van der Waals surface area contributed by atoms with Crippen LogP contribution in [0.4, 0.5) is 0 Å². The van der Waals surface area contributed by atoms with E-state index in [4.69, 9.17) is 0 Å². The van der Waals surface area contributed by atoms with Gasteiger partial charge in [-0.2, -0.15) is 0 Å². The lowest BCUT2D eigenvalue weighted by molar-refractivity contribution is 1.23. The molecule has 12 heavy (non-hydrogen) atoms. The Hall–Kier alpha value is -1.04. The lowest BCUT2D eigenvalue weighted by Gasteiger charge is -1.87. The van der Waals surface area contributed by atoms with E-state index in [1.807, 2.05) is 0 Å². The fourth-order valence-corrected chi connectivity index (χ4v) is 1.08. The zero-order chi connectivity index (χ0) is 8.49. The number of hydrogen-bond donors (Lipinski definition) is 0. The molecule has 0 heteroatoms. The van der Waals surface area contributed by atoms with E-state index in [0.29, 0.717) is 0 Å². The number of rotatable bonds is 0. The third kappa shape index (κ3) is 4.73. The Labute approximate surface area is 75.0 Å². The maximum absolute atomic E-state index is 2.21. The molecule has 0 aromatic heterocycles. The Kier molecular flexibility index (Phi) is 5.02. The van der Waals surface area contributed by atoms with Crippen molar-refractivity contribution in [1.29, 1.82) is 0 Å². The Bertz CT molecular complexity index is 140. The summed E-state index contributed by atoms with van der Waals surface area (Å²) in [5, 5.41) is 0. The summed E-state index contributed by atoms with van der Waals surface area (Å²) in [7, 11) is 0. The molecule has 0 N–H and O–H groups in total. The second-order valence-corrected chi connectivity index (χ2v) is 2.83. The molecule has 1 rings (SSSR count). The van der Waals surface area contributed by atoms with Crippen LogP contribution in [0.1, 0.15) is 25.7 Å². The van der Waals surface area contributed by atoms with Gasteiger partial charge in [0.05, 0.1) is 0 Å². The first-order valence-electron chi connectivity index (χ1n) is 4.60. The van der Waals surface area contributed by atoms with Gasteiger partial charge in [0.25, 0.3) is 0 Å². The first-order chi connectivity index (χ1) is 6.00. The molecule has 0 saturated carbocycles. The van der Waals surface area contributed by atoms with Crippen molar-refractivity contribution in [3.05, 3.63) is 48.6 Å². The predicted octanol–water partition coefficient (Wildman–Crippen LogP) is 3.79. The van der Waals surface area contributed by atoms with Crippen molar-refractivity contribution in [2.24, 2.45) is 0 Å². The Morgan fingerprint density at radius 1 is 0.333 bits per heavy atom.